The van der Waals surface area contributed by atoms with Gasteiger partial charge in [-0.2, -0.15) is 5.26 Å². The number of unbranched alkanes of at least 4 members (excludes halogenated alkanes) is 1. The first-order chi connectivity index (χ1) is 25.2. The number of pyridine rings is 1. The van der Waals surface area contributed by atoms with Crippen molar-refractivity contribution in [3.63, 3.8) is 0 Å². The summed E-state index contributed by atoms with van der Waals surface area (Å²) in [6.07, 6.45) is 7.01. The molecule has 276 valence electrons. The van der Waals surface area contributed by atoms with Crippen molar-refractivity contribution >= 4 is 11.6 Å². The summed E-state index contributed by atoms with van der Waals surface area (Å²) in [5.74, 6) is 0.849. The summed E-state index contributed by atoms with van der Waals surface area (Å²) in [5, 5.41) is 52.0. The molecule has 5 N–H and O–H groups in total. The lowest BCUT2D eigenvalue weighted by molar-refractivity contribution is 0.0412. The average Bonchev–Trinajstić information content (AvgIpc) is 3.59. The highest BCUT2D eigenvalue weighted by Crippen LogP contribution is 2.36. The number of hydrogen-bond donors (Lipinski definition) is 5. The van der Waals surface area contributed by atoms with E-state index >= 15 is 0 Å². The Morgan fingerprint density at radius 1 is 0.904 bits per heavy atom. The van der Waals surface area contributed by atoms with Crippen LogP contribution < -0.4 is 14.8 Å². The minimum Gasteiger partial charge on any atom is -0.488 e. The van der Waals surface area contributed by atoms with Gasteiger partial charge < -0.3 is 40.1 Å². The summed E-state index contributed by atoms with van der Waals surface area (Å²) < 4.78 is 12.5. The van der Waals surface area contributed by atoms with Gasteiger partial charge in [-0.05, 0) is 91.6 Å². The number of halogens is 1. The van der Waals surface area contributed by atoms with Crippen molar-refractivity contribution in [2.24, 2.45) is 0 Å². The number of hydrogen-bond acceptors (Lipinski definition) is 10. The number of rotatable bonds is 18. The zero-order valence-corrected chi connectivity index (χ0v) is 30.7. The molecule has 0 amide bonds. The number of aryl methyl sites for hydroxylation is 1. The zero-order chi connectivity index (χ0) is 37.1. The third kappa shape index (κ3) is 9.88. The van der Waals surface area contributed by atoms with Crippen molar-refractivity contribution in [3.8, 4) is 28.7 Å². The lowest BCUT2D eigenvalue weighted by atomic mass is 9.90. The van der Waals surface area contributed by atoms with E-state index in [9.17, 15) is 25.7 Å². The van der Waals surface area contributed by atoms with E-state index in [1.165, 1.54) is 22.9 Å². The van der Waals surface area contributed by atoms with E-state index < -0.39 is 25.4 Å². The van der Waals surface area contributed by atoms with E-state index in [1.54, 1.807) is 24.4 Å². The van der Waals surface area contributed by atoms with Gasteiger partial charge in [-0.3, -0.25) is 4.98 Å². The van der Waals surface area contributed by atoms with Crippen molar-refractivity contribution in [1.29, 1.82) is 5.26 Å². The largest absolute Gasteiger partial charge is 0.488 e. The number of likely N-dealkylation sites (tertiary alicyclic amines) is 1. The molecular formula is C41H49ClN4O6. The van der Waals surface area contributed by atoms with E-state index in [0.29, 0.717) is 33.2 Å². The van der Waals surface area contributed by atoms with Gasteiger partial charge in [0, 0.05) is 49.2 Å². The third-order valence-corrected chi connectivity index (χ3v) is 10.3. The van der Waals surface area contributed by atoms with Crippen LogP contribution in [-0.2, 0) is 26.2 Å². The van der Waals surface area contributed by atoms with Gasteiger partial charge in [-0.15, -0.1) is 0 Å². The second kappa shape index (κ2) is 18.6. The van der Waals surface area contributed by atoms with Crippen molar-refractivity contribution in [3.05, 3.63) is 111 Å². The number of aliphatic hydroxyl groups excluding tert-OH is 4. The fraction of sp³-hybridized carbons (Fsp3) is 0.415. The summed E-state index contributed by atoms with van der Waals surface area (Å²) in [6.45, 7) is 6.16. The highest BCUT2D eigenvalue weighted by molar-refractivity contribution is 6.32. The SMILES string of the molecule is Cc1c(CCCCN2CCC(O)C2)cccc1-c1cccc(COc2cc(OCc3cncc(C#N)c3)c(CNC(CO)(CO)CO)cc2Cl)c1C. The van der Waals surface area contributed by atoms with Crippen LogP contribution in [0.4, 0.5) is 0 Å². The van der Waals surface area contributed by atoms with Gasteiger partial charge in [-0.25, -0.2) is 0 Å². The Bertz CT molecular complexity index is 1830. The third-order valence-electron chi connectivity index (χ3n) is 9.98. The van der Waals surface area contributed by atoms with Crippen LogP contribution in [0.5, 0.6) is 11.5 Å². The number of aliphatic hydroxyl groups is 4. The van der Waals surface area contributed by atoms with E-state index in [4.69, 9.17) is 21.1 Å². The molecule has 0 bridgehead atoms. The Morgan fingerprint density at radius 3 is 2.27 bits per heavy atom. The van der Waals surface area contributed by atoms with Crippen LogP contribution in [0.2, 0.25) is 5.02 Å². The lowest BCUT2D eigenvalue weighted by Crippen LogP contribution is -2.54. The molecule has 1 unspecified atom stereocenters. The maximum atomic E-state index is 9.83. The van der Waals surface area contributed by atoms with Gasteiger partial charge in [0.15, 0.2) is 0 Å². The molecule has 0 spiro atoms. The normalized spacial score (nSPS) is 14.8. The van der Waals surface area contributed by atoms with E-state index in [1.807, 2.05) is 12.1 Å². The second-order valence-corrected chi connectivity index (χ2v) is 14.1. The second-order valence-electron chi connectivity index (χ2n) is 13.6. The molecule has 1 aliphatic rings. The molecule has 1 fully saturated rings. The summed E-state index contributed by atoms with van der Waals surface area (Å²) in [7, 11) is 0. The van der Waals surface area contributed by atoms with Gasteiger partial charge in [0.25, 0.3) is 0 Å². The average molecular weight is 729 g/mol. The molecular weight excluding hydrogens is 680 g/mol. The van der Waals surface area contributed by atoms with Gasteiger partial charge in [0.1, 0.15) is 30.8 Å². The van der Waals surface area contributed by atoms with Gasteiger partial charge >= 0.3 is 0 Å². The topological polar surface area (TPSA) is 151 Å². The molecule has 0 aliphatic carbocycles. The van der Waals surface area contributed by atoms with Crippen LogP contribution in [-0.4, -0.2) is 81.4 Å². The standard InChI is InChI=1S/C41H49ClN4O6/c1-28-32(7-3-4-13-46-14-12-35(50)22-46)8-5-10-36(28)37-11-6-9-33(29(37)2)24-52-40-17-39(51-23-31-15-30(18-43)19-44-20-31)34(16-38(40)42)21-45-41(25-47,26-48)27-49/h5-6,8-11,15-17,19-20,35,45,47-50H,3-4,7,12-14,21-27H2,1-2H3. The van der Waals surface area contributed by atoms with E-state index in [0.717, 1.165) is 62.0 Å². The highest BCUT2D eigenvalue weighted by atomic mass is 35.5. The number of benzene rings is 3. The smallest absolute Gasteiger partial charge is 0.142 e. The number of ether oxygens (including phenoxy) is 2. The van der Waals surface area contributed by atoms with Crippen molar-refractivity contribution < 1.29 is 29.9 Å². The Morgan fingerprint density at radius 2 is 1.60 bits per heavy atom. The number of nitriles is 1. The molecule has 1 saturated heterocycles. The summed E-state index contributed by atoms with van der Waals surface area (Å²) >= 11 is 6.76. The molecule has 1 aliphatic heterocycles. The van der Waals surface area contributed by atoms with Crippen LogP contribution in [0.1, 0.15) is 58.2 Å². The Labute approximate surface area is 311 Å². The fourth-order valence-corrected chi connectivity index (χ4v) is 6.79. The van der Waals surface area contributed by atoms with Crippen LogP contribution in [0.25, 0.3) is 11.1 Å². The molecule has 10 nitrogen and oxygen atoms in total. The quantitative estimate of drug-likeness (QED) is 0.0861. The minimum atomic E-state index is -1.30. The van der Waals surface area contributed by atoms with Crippen LogP contribution in [0.15, 0.2) is 67.0 Å². The molecule has 5 rings (SSSR count). The Hall–Kier alpha value is -4.05. The summed E-state index contributed by atoms with van der Waals surface area (Å²) in [6, 6.07) is 19.9. The predicted octanol–water partition coefficient (Wildman–Crippen LogP) is 5.24. The summed E-state index contributed by atoms with van der Waals surface area (Å²) in [4.78, 5) is 6.47. The van der Waals surface area contributed by atoms with Crippen molar-refractivity contribution in [2.75, 3.05) is 39.5 Å². The fourth-order valence-electron chi connectivity index (χ4n) is 6.55. The molecule has 4 aromatic rings. The molecule has 1 atom stereocenters. The number of β-amino-alcohol motifs (C(OH)–C–C–N with tert-alkyl or cyclic N) is 1. The van der Waals surface area contributed by atoms with E-state index in [2.05, 4.69) is 59.4 Å². The molecule has 0 radical (unpaired) electrons. The summed E-state index contributed by atoms with van der Waals surface area (Å²) in [5.41, 5.74) is 7.51. The maximum Gasteiger partial charge on any atom is 0.142 e. The molecule has 0 saturated carbocycles. The number of nitrogens with zero attached hydrogens (tertiary/aromatic N) is 3. The van der Waals surface area contributed by atoms with Gasteiger partial charge in [0.2, 0.25) is 0 Å². The van der Waals surface area contributed by atoms with Crippen LogP contribution >= 0.6 is 11.6 Å². The Balaban J connectivity index is 1.32. The first kappa shape index (κ1) is 39.2. The molecule has 2 heterocycles. The minimum absolute atomic E-state index is 0.115. The van der Waals surface area contributed by atoms with Crippen LogP contribution in [0.3, 0.4) is 0 Å². The first-order valence-corrected chi connectivity index (χ1v) is 18.1. The van der Waals surface area contributed by atoms with Crippen molar-refractivity contribution in [2.45, 2.75) is 70.9 Å². The predicted molar refractivity (Wildman–Crippen MR) is 201 cm³/mol. The molecule has 52 heavy (non-hydrogen) atoms. The lowest BCUT2D eigenvalue weighted by Gasteiger charge is -2.29. The highest BCUT2D eigenvalue weighted by Gasteiger charge is 2.28. The zero-order valence-electron chi connectivity index (χ0n) is 29.9. The van der Waals surface area contributed by atoms with Gasteiger partial charge in [-0.1, -0.05) is 48.0 Å². The maximum absolute atomic E-state index is 9.83. The number of nitrogens with one attached hydrogen (secondary N) is 1. The Kier molecular flexibility index (Phi) is 14.0. The first-order valence-electron chi connectivity index (χ1n) is 17.8. The molecule has 3 aromatic carbocycles. The van der Waals surface area contributed by atoms with Crippen molar-refractivity contribution in [1.82, 2.24) is 15.2 Å². The van der Waals surface area contributed by atoms with E-state index in [-0.39, 0.29) is 25.9 Å². The monoisotopic (exact) mass is 728 g/mol. The van der Waals surface area contributed by atoms with Gasteiger partial charge in [0.05, 0.1) is 42.0 Å². The number of aromatic nitrogens is 1. The molecule has 11 heteroatoms. The molecule has 1 aromatic heterocycles. The van der Waals surface area contributed by atoms with Crippen LogP contribution in [0, 0.1) is 25.2 Å².